The number of aromatic amines is 2. The molecule has 1 aliphatic rings. The summed E-state index contributed by atoms with van der Waals surface area (Å²) in [6.07, 6.45) is 7.76. The van der Waals surface area contributed by atoms with Gasteiger partial charge in [-0.1, -0.05) is 0 Å². The molecule has 0 bridgehead atoms. The zero-order valence-electron chi connectivity index (χ0n) is 25.4. The SMILES string of the molecule is CN(C)CCOc1cc(F)cc(-c2ccnc3[nH]c(-c4n[nH]c5ccc(-c6cncc(OCCN7CCCC7)c6)nc45)cc23)c1. The first-order chi connectivity index (χ1) is 22.0. The van der Waals surface area contributed by atoms with E-state index in [1.165, 1.54) is 25.0 Å². The van der Waals surface area contributed by atoms with Crippen LogP contribution in [-0.4, -0.2) is 93.4 Å². The van der Waals surface area contributed by atoms with E-state index in [2.05, 4.69) is 30.0 Å². The van der Waals surface area contributed by atoms with Gasteiger partial charge >= 0.3 is 0 Å². The van der Waals surface area contributed by atoms with E-state index in [0.29, 0.717) is 41.4 Å². The summed E-state index contributed by atoms with van der Waals surface area (Å²) in [4.78, 5) is 21.8. The van der Waals surface area contributed by atoms with E-state index in [1.807, 2.05) is 55.4 Å². The second kappa shape index (κ2) is 12.6. The third-order valence-corrected chi connectivity index (χ3v) is 8.07. The lowest BCUT2D eigenvalue weighted by Gasteiger charge is -2.15. The van der Waals surface area contributed by atoms with E-state index < -0.39 is 0 Å². The third kappa shape index (κ3) is 6.36. The van der Waals surface area contributed by atoms with Crippen LogP contribution < -0.4 is 9.47 Å². The monoisotopic (exact) mass is 606 g/mol. The number of likely N-dealkylation sites (N-methyl/N-ethyl adjacent to an activating group) is 1. The average Bonchev–Trinajstić information content (AvgIpc) is 3.80. The van der Waals surface area contributed by atoms with Crippen LogP contribution in [0, 0.1) is 5.82 Å². The fourth-order valence-electron chi connectivity index (χ4n) is 5.74. The topological polar surface area (TPSA) is 108 Å². The van der Waals surface area contributed by atoms with Crippen molar-refractivity contribution in [3.8, 4) is 45.3 Å². The van der Waals surface area contributed by atoms with Gasteiger partial charge in [-0.25, -0.2) is 14.4 Å². The minimum atomic E-state index is -0.362. The van der Waals surface area contributed by atoms with Crippen molar-refractivity contribution in [2.45, 2.75) is 12.8 Å². The number of ether oxygens (including phenoxy) is 2. The maximum absolute atomic E-state index is 14.7. The molecule has 6 aromatic rings. The molecule has 1 aromatic carbocycles. The summed E-state index contributed by atoms with van der Waals surface area (Å²) in [6.45, 7) is 5.02. The number of nitrogens with one attached hydrogen (secondary N) is 2. The van der Waals surface area contributed by atoms with Crippen molar-refractivity contribution in [2.75, 3.05) is 53.5 Å². The molecule has 6 heterocycles. The molecule has 0 atom stereocenters. The smallest absolute Gasteiger partial charge is 0.138 e. The Labute approximate surface area is 260 Å². The highest BCUT2D eigenvalue weighted by molar-refractivity contribution is 5.99. The van der Waals surface area contributed by atoms with E-state index in [1.54, 1.807) is 18.6 Å². The zero-order valence-corrected chi connectivity index (χ0v) is 25.4. The molecule has 0 saturated carbocycles. The van der Waals surface area contributed by atoms with Crippen molar-refractivity contribution in [1.82, 2.24) is 39.9 Å². The highest BCUT2D eigenvalue weighted by Gasteiger charge is 2.17. The molecule has 0 unspecified atom stereocenters. The van der Waals surface area contributed by atoms with Gasteiger partial charge in [-0.3, -0.25) is 15.0 Å². The molecule has 0 radical (unpaired) electrons. The Bertz CT molecular complexity index is 1950. The minimum absolute atomic E-state index is 0.362. The van der Waals surface area contributed by atoms with Gasteiger partial charge in [0.15, 0.2) is 0 Å². The molecule has 2 N–H and O–H groups in total. The largest absolute Gasteiger partial charge is 0.492 e. The van der Waals surface area contributed by atoms with E-state index in [-0.39, 0.29) is 5.82 Å². The lowest BCUT2D eigenvalue weighted by molar-refractivity contribution is 0.237. The highest BCUT2D eigenvalue weighted by Crippen LogP contribution is 2.35. The normalized spacial score (nSPS) is 13.8. The fourth-order valence-corrected chi connectivity index (χ4v) is 5.74. The molecular formula is C34H35FN8O2. The first-order valence-electron chi connectivity index (χ1n) is 15.2. The van der Waals surface area contributed by atoms with Crippen LogP contribution in [0.3, 0.4) is 0 Å². The Kier molecular flexibility index (Phi) is 8.10. The second-order valence-electron chi connectivity index (χ2n) is 11.6. The molecule has 5 aromatic heterocycles. The number of fused-ring (bicyclic) bond motifs is 2. The average molecular weight is 607 g/mol. The molecule has 7 rings (SSSR count). The van der Waals surface area contributed by atoms with Crippen LogP contribution in [0.15, 0.2) is 67.1 Å². The van der Waals surface area contributed by atoms with Gasteiger partial charge in [-0.2, -0.15) is 5.10 Å². The summed E-state index contributed by atoms with van der Waals surface area (Å²) < 4.78 is 26.5. The van der Waals surface area contributed by atoms with Crippen LogP contribution in [0.2, 0.25) is 0 Å². The van der Waals surface area contributed by atoms with Gasteiger partial charge < -0.3 is 19.4 Å². The second-order valence-corrected chi connectivity index (χ2v) is 11.6. The Balaban J connectivity index is 1.17. The molecule has 0 spiro atoms. The van der Waals surface area contributed by atoms with Gasteiger partial charge in [0.1, 0.15) is 47.4 Å². The van der Waals surface area contributed by atoms with Crippen molar-refractivity contribution in [3.05, 3.63) is 72.9 Å². The molecule has 1 aliphatic heterocycles. The predicted molar refractivity (Wildman–Crippen MR) is 173 cm³/mol. The van der Waals surface area contributed by atoms with Gasteiger partial charge in [-0.15, -0.1) is 0 Å². The van der Waals surface area contributed by atoms with E-state index in [0.717, 1.165) is 65.3 Å². The standard InChI is InChI=1S/C34H35FN8O2/c1-42(2)11-13-44-25-16-22(15-24(35)18-25)27-7-8-37-34-28(27)19-31(39-34)33-32-30(40-41-33)6-5-29(38-32)23-17-26(21-36-20-23)45-14-12-43-9-3-4-10-43/h5-8,15-21H,3-4,9-14H2,1-2H3,(H,37,39)(H,40,41). The van der Waals surface area contributed by atoms with E-state index in [9.17, 15) is 4.39 Å². The maximum Gasteiger partial charge on any atom is 0.138 e. The molecular weight excluding hydrogens is 571 g/mol. The van der Waals surface area contributed by atoms with Crippen LogP contribution in [0.1, 0.15) is 12.8 Å². The third-order valence-electron chi connectivity index (χ3n) is 8.07. The molecule has 11 heteroatoms. The summed E-state index contributed by atoms with van der Waals surface area (Å²) >= 11 is 0. The van der Waals surface area contributed by atoms with Gasteiger partial charge in [-0.05, 0) is 93.6 Å². The number of likely N-dealkylation sites (tertiary alicyclic amines) is 1. The van der Waals surface area contributed by atoms with Gasteiger partial charge in [0.25, 0.3) is 0 Å². The number of halogens is 1. The van der Waals surface area contributed by atoms with Gasteiger partial charge in [0.2, 0.25) is 0 Å². The van der Waals surface area contributed by atoms with Crippen LogP contribution in [0.4, 0.5) is 4.39 Å². The first-order valence-corrected chi connectivity index (χ1v) is 15.2. The van der Waals surface area contributed by atoms with Crippen LogP contribution in [0.25, 0.3) is 55.8 Å². The number of benzene rings is 1. The minimum Gasteiger partial charge on any atom is -0.492 e. The summed E-state index contributed by atoms with van der Waals surface area (Å²) in [7, 11) is 3.94. The maximum atomic E-state index is 14.7. The Hall–Kier alpha value is -4.87. The predicted octanol–water partition coefficient (Wildman–Crippen LogP) is 5.78. The summed E-state index contributed by atoms with van der Waals surface area (Å²) in [5.41, 5.74) is 6.75. The molecule has 1 saturated heterocycles. The number of nitrogens with zero attached hydrogens (tertiary/aromatic N) is 6. The lowest BCUT2D eigenvalue weighted by Crippen LogP contribution is -2.25. The number of hydrogen-bond donors (Lipinski definition) is 2. The number of hydrogen-bond acceptors (Lipinski definition) is 8. The molecule has 230 valence electrons. The van der Waals surface area contributed by atoms with Crippen molar-refractivity contribution in [2.24, 2.45) is 0 Å². The summed E-state index contributed by atoms with van der Waals surface area (Å²) in [5.74, 6) is 0.843. The van der Waals surface area contributed by atoms with E-state index in [4.69, 9.17) is 14.5 Å². The van der Waals surface area contributed by atoms with Crippen molar-refractivity contribution >= 4 is 22.1 Å². The number of rotatable bonds is 11. The van der Waals surface area contributed by atoms with Crippen molar-refractivity contribution < 1.29 is 13.9 Å². The molecule has 1 fully saturated rings. The van der Waals surface area contributed by atoms with Gasteiger partial charge in [0, 0.05) is 42.5 Å². The zero-order chi connectivity index (χ0) is 30.8. The molecule has 10 nitrogen and oxygen atoms in total. The Morgan fingerprint density at radius 2 is 1.78 bits per heavy atom. The highest BCUT2D eigenvalue weighted by atomic mass is 19.1. The molecule has 0 aliphatic carbocycles. The number of pyridine rings is 3. The number of aromatic nitrogens is 6. The molecule has 0 amide bonds. The Morgan fingerprint density at radius 1 is 0.933 bits per heavy atom. The molecule has 45 heavy (non-hydrogen) atoms. The van der Waals surface area contributed by atoms with Gasteiger partial charge in [0.05, 0.1) is 23.1 Å². The number of H-pyrrole nitrogens is 2. The van der Waals surface area contributed by atoms with Crippen molar-refractivity contribution in [1.29, 1.82) is 0 Å². The lowest BCUT2D eigenvalue weighted by atomic mass is 10.0. The van der Waals surface area contributed by atoms with Crippen LogP contribution >= 0.6 is 0 Å². The van der Waals surface area contributed by atoms with E-state index >= 15 is 0 Å². The fraction of sp³-hybridized carbons (Fsp3) is 0.294. The van der Waals surface area contributed by atoms with Crippen molar-refractivity contribution in [3.63, 3.8) is 0 Å². The van der Waals surface area contributed by atoms with Crippen LogP contribution in [0.5, 0.6) is 11.5 Å². The first kappa shape index (κ1) is 28.9. The Morgan fingerprint density at radius 3 is 2.64 bits per heavy atom. The quantitative estimate of drug-likeness (QED) is 0.191. The summed E-state index contributed by atoms with van der Waals surface area (Å²) in [6, 6.07) is 14.5. The van der Waals surface area contributed by atoms with Crippen LogP contribution in [-0.2, 0) is 0 Å². The summed E-state index contributed by atoms with van der Waals surface area (Å²) in [5, 5.41) is 8.53.